The molecule has 0 aliphatic heterocycles. The summed E-state index contributed by atoms with van der Waals surface area (Å²) in [5.74, 6) is -10.4. The van der Waals surface area contributed by atoms with Crippen LogP contribution in [-0.4, -0.2) is 52.0 Å². The molecule has 0 saturated heterocycles. The highest BCUT2D eigenvalue weighted by atomic mass is 31.2. The summed E-state index contributed by atoms with van der Waals surface area (Å²) in [5, 5.41) is 1.68. The summed E-state index contributed by atoms with van der Waals surface area (Å²) in [6.45, 7) is 0. The Balaban J connectivity index is 2.34. The first-order chi connectivity index (χ1) is 23.6. The van der Waals surface area contributed by atoms with E-state index < -0.39 is 72.9 Å². The molecule has 0 atom stereocenters. The molecule has 1 aromatic heterocycles. The van der Waals surface area contributed by atoms with E-state index in [0.29, 0.717) is 0 Å². The maximum absolute atomic E-state index is 14.2. The molecule has 4 aromatic rings. The van der Waals surface area contributed by atoms with Crippen LogP contribution in [0, 0.1) is 0 Å². The Morgan fingerprint density at radius 1 is 0.346 bits per heavy atom. The number of anilines is 1. The van der Waals surface area contributed by atoms with Crippen LogP contribution in [-0.2, 0) is 10.8 Å². The number of hydrogen-bond donors (Lipinski definition) is 1. The number of rotatable bonds is 7. The Morgan fingerprint density at radius 2 is 0.577 bits per heavy atom. The number of hydrogen-bond acceptors (Lipinski definition) is 4. The van der Waals surface area contributed by atoms with Crippen molar-refractivity contribution in [2.24, 2.45) is 0 Å². The smallest absolute Gasteiger partial charge is 0.214 e. The number of aromatic nitrogens is 3. The predicted octanol–water partition coefficient (Wildman–Crippen LogP) is 9.04. The number of benzene rings is 3. The molecule has 4 rings (SSSR count). The first kappa shape index (κ1) is 40.4. The third kappa shape index (κ3) is 6.25. The van der Waals surface area contributed by atoms with Gasteiger partial charge < -0.3 is 0 Å². The van der Waals surface area contributed by atoms with Gasteiger partial charge in [-0.2, -0.15) is 89.0 Å². The second-order valence-electron chi connectivity index (χ2n) is 10.6. The van der Waals surface area contributed by atoms with E-state index in [1.807, 2.05) is 5.09 Å². The van der Waals surface area contributed by atoms with Gasteiger partial charge in [-0.25, -0.2) is 10.1 Å². The van der Waals surface area contributed by atoms with Crippen LogP contribution in [0.15, 0.2) is 91.0 Å². The molecular formula is C29H16F18N4P+. The third-order valence-electron chi connectivity index (χ3n) is 7.56. The normalized spacial score (nSPS) is 14.3. The number of alkyl halides is 18. The number of halogens is 18. The third-order valence-corrected chi connectivity index (χ3v) is 11.3. The maximum Gasteiger partial charge on any atom is 0.419 e. The molecule has 0 radical (unpaired) electrons. The number of nitrogens with zero attached hydrogens (tertiary/aromatic N) is 3. The van der Waals surface area contributed by atoms with Gasteiger partial charge in [-0.3, -0.25) is 0 Å². The van der Waals surface area contributed by atoms with E-state index in [-0.39, 0.29) is 15.9 Å². The monoisotopic (exact) mass is 793 g/mol. The highest BCUT2D eigenvalue weighted by Gasteiger charge is 2.89. The summed E-state index contributed by atoms with van der Waals surface area (Å²) in [7, 11) is -4.25. The molecule has 0 aliphatic rings. The summed E-state index contributed by atoms with van der Waals surface area (Å²) < 4.78 is 256. The standard InChI is InChI=1S/C29H16F18N4P/c30-24(31,32)22(25(33,34)35,26(36,37)38)19-48-20(23(27(39,40)41,28(42,43)44)29(45,46)47)50-21(49-19)51-52(16-10-4-1-5-11-16,17-12-6-2-7-13-17)18-14-8-3-9-15-18/h1-15H,(H,48,49,50,51)/q+1. The van der Waals surface area contributed by atoms with Gasteiger partial charge in [0.05, 0.1) is 0 Å². The molecule has 23 heteroatoms. The van der Waals surface area contributed by atoms with Crippen LogP contribution in [0.2, 0.25) is 0 Å². The molecule has 1 heterocycles. The number of nitrogens with one attached hydrogen (secondary N) is 1. The lowest BCUT2D eigenvalue weighted by Crippen LogP contribution is -2.66. The zero-order valence-electron chi connectivity index (χ0n) is 24.8. The Kier molecular flexibility index (Phi) is 10.1. The van der Waals surface area contributed by atoms with Crippen molar-refractivity contribution >= 4 is 29.3 Å². The van der Waals surface area contributed by atoms with Crippen molar-refractivity contribution in [3.63, 3.8) is 0 Å². The fraction of sp³-hybridized carbons (Fsp3) is 0.276. The van der Waals surface area contributed by atoms with Crippen LogP contribution >= 0.6 is 7.41 Å². The van der Waals surface area contributed by atoms with Crippen molar-refractivity contribution in [2.75, 3.05) is 5.09 Å². The van der Waals surface area contributed by atoms with Gasteiger partial charge in [-0.05, 0) is 36.4 Å². The average molecular weight is 793 g/mol. The van der Waals surface area contributed by atoms with Crippen LogP contribution in [0.25, 0.3) is 0 Å². The molecule has 0 fully saturated rings. The van der Waals surface area contributed by atoms with Crippen molar-refractivity contribution in [3.8, 4) is 0 Å². The fourth-order valence-corrected chi connectivity index (χ4v) is 8.77. The minimum absolute atomic E-state index is 0.113. The first-order valence-electron chi connectivity index (χ1n) is 13.6. The SMILES string of the molecule is FC(F)(F)C(c1nc(N[P+](c2ccccc2)(c2ccccc2)c2ccccc2)nc(C(C(F)(F)F)(C(F)(F)F)C(F)(F)F)n1)(C(F)(F)F)C(F)(F)F. The van der Waals surface area contributed by atoms with Gasteiger partial charge in [0.2, 0.25) is 7.41 Å². The van der Waals surface area contributed by atoms with E-state index in [0.717, 1.165) is 0 Å². The second-order valence-corrected chi connectivity index (χ2v) is 13.7. The van der Waals surface area contributed by atoms with Gasteiger partial charge in [0.15, 0.2) is 11.6 Å². The quantitative estimate of drug-likeness (QED) is 0.150. The zero-order valence-corrected chi connectivity index (χ0v) is 25.6. The molecular weight excluding hydrogens is 777 g/mol. The van der Waals surface area contributed by atoms with Gasteiger partial charge >= 0.3 is 47.9 Å². The highest BCUT2D eigenvalue weighted by Crippen LogP contribution is 2.63. The molecule has 1 N–H and O–H groups in total. The minimum atomic E-state index is -7.80. The van der Waals surface area contributed by atoms with E-state index in [9.17, 15) is 79.0 Å². The van der Waals surface area contributed by atoms with Crippen molar-refractivity contribution in [1.82, 2.24) is 15.0 Å². The van der Waals surface area contributed by atoms with Crippen molar-refractivity contribution in [1.29, 1.82) is 0 Å². The molecule has 0 amide bonds. The van der Waals surface area contributed by atoms with E-state index in [4.69, 9.17) is 0 Å². The Bertz CT molecular complexity index is 1600. The lowest BCUT2D eigenvalue weighted by molar-refractivity contribution is -0.391. The molecule has 0 aliphatic carbocycles. The molecule has 3 aromatic carbocycles. The van der Waals surface area contributed by atoms with Crippen LogP contribution in [0.4, 0.5) is 85.0 Å². The zero-order chi connectivity index (χ0) is 39.4. The molecule has 0 spiro atoms. The highest BCUT2D eigenvalue weighted by molar-refractivity contribution is 7.96. The molecule has 0 bridgehead atoms. The largest absolute Gasteiger partial charge is 0.419 e. The maximum atomic E-state index is 14.2. The van der Waals surface area contributed by atoms with Gasteiger partial charge in [0.1, 0.15) is 15.9 Å². The lowest BCUT2D eigenvalue weighted by atomic mass is 9.82. The summed E-state index contributed by atoms with van der Waals surface area (Å²) in [6.07, 6.45) is -46.8. The topological polar surface area (TPSA) is 50.7 Å². The van der Waals surface area contributed by atoms with E-state index >= 15 is 0 Å². The Hall–Kier alpha value is -4.36. The van der Waals surface area contributed by atoms with Crippen LogP contribution in [0.1, 0.15) is 11.6 Å². The summed E-state index contributed by atoms with van der Waals surface area (Å²) in [6, 6.07) is 18.7. The fourth-order valence-electron chi connectivity index (χ4n) is 5.23. The van der Waals surface area contributed by atoms with E-state index in [1.165, 1.54) is 91.0 Å². The average Bonchev–Trinajstić information content (AvgIpc) is 2.97. The Morgan fingerprint density at radius 3 is 0.788 bits per heavy atom. The van der Waals surface area contributed by atoms with Gasteiger partial charge in [0, 0.05) is 0 Å². The summed E-state index contributed by atoms with van der Waals surface area (Å²) >= 11 is 0. The summed E-state index contributed by atoms with van der Waals surface area (Å²) in [4.78, 5) is 6.47. The van der Waals surface area contributed by atoms with Crippen molar-refractivity contribution < 1.29 is 79.0 Å². The van der Waals surface area contributed by atoms with Crippen LogP contribution in [0.3, 0.4) is 0 Å². The Labute approximate surface area is 279 Å². The minimum Gasteiger partial charge on any atom is -0.214 e. The molecule has 282 valence electrons. The van der Waals surface area contributed by atoms with E-state index in [2.05, 4.69) is 9.97 Å². The molecule has 0 unspecified atom stereocenters. The predicted molar refractivity (Wildman–Crippen MR) is 148 cm³/mol. The van der Waals surface area contributed by atoms with Crippen molar-refractivity contribution in [3.05, 3.63) is 103 Å². The van der Waals surface area contributed by atoms with Crippen LogP contribution in [0.5, 0.6) is 0 Å². The van der Waals surface area contributed by atoms with Crippen molar-refractivity contribution in [2.45, 2.75) is 47.9 Å². The molecule has 52 heavy (non-hydrogen) atoms. The lowest BCUT2D eigenvalue weighted by Gasteiger charge is -2.39. The molecule has 0 saturated carbocycles. The van der Waals surface area contributed by atoms with Gasteiger partial charge in [-0.15, -0.1) is 0 Å². The summed E-state index contributed by atoms with van der Waals surface area (Å²) in [5.41, 5.74) is -15.1. The van der Waals surface area contributed by atoms with E-state index in [1.54, 1.807) is 4.98 Å². The van der Waals surface area contributed by atoms with Gasteiger partial charge in [0.25, 0.3) is 5.95 Å². The molecule has 4 nitrogen and oxygen atoms in total. The second kappa shape index (κ2) is 12.9. The first-order valence-corrected chi connectivity index (χ1v) is 15.4. The van der Waals surface area contributed by atoms with Crippen LogP contribution < -0.4 is 21.0 Å². The van der Waals surface area contributed by atoms with Gasteiger partial charge in [-0.1, -0.05) is 54.6 Å².